The largest absolute Gasteiger partial charge is 0.263 e. The van der Waals surface area contributed by atoms with E-state index in [1.165, 1.54) is 6.20 Å². The molecule has 9 heteroatoms. The lowest BCUT2D eigenvalue weighted by atomic mass is 10.2. The van der Waals surface area contributed by atoms with Crippen molar-refractivity contribution in [1.29, 1.82) is 0 Å². The highest BCUT2D eigenvalue weighted by Crippen LogP contribution is 2.22. The van der Waals surface area contributed by atoms with Crippen LogP contribution in [-0.2, 0) is 15.4 Å². The first-order valence-electron chi connectivity index (χ1n) is 5.28. The van der Waals surface area contributed by atoms with Gasteiger partial charge in [0.15, 0.2) is 10.4 Å². The fourth-order valence-corrected chi connectivity index (χ4v) is 3.79. The molecule has 1 heterocycles. The van der Waals surface area contributed by atoms with Crippen molar-refractivity contribution in [3.8, 4) is 0 Å². The maximum absolute atomic E-state index is 12.2. The topological polar surface area (TPSA) is 72.0 Å². The fraction of sp³-hybridized carbons (Fsp3) is 0.0909. The van der Waals surface area contributed by atoms with Gasteiger partial charge in [-0.15, -0.1) is 0 Å². The Morgan fingerprint density at radius 1 is 1.15 bits per heavy atom. The molecule has 2 aromatic rings. The minimum absolute atomic E-state index is 0.137. The van der Waals surface area contributed by atoms with E-state index in [0.717, 1.165) is 5.56 Å². The molecule has 106 valence electrons. The summed E-state index contributed by atoms with van der Waals surface area (Å²) < 4.78 is 27.6. The minimum atomic E-state index is -3.69. The Balaban J connectivity index is 2.30. The van der Waals surface area contributed by atoms with E-state index in [1.807, 2.05) is 0 Å². The van der Waals surface area contributed by atoms with E-state index in [9.17, 15) is 8.42 Å². The first kappa shape index (κ1) is 15.9. The summed E-state index contributed by atoms with van der Waals surface area (Å²) in [6, 6.07) is 6.56. The number of anilines is 1. The molecule has 0 fully saturated rings. The third kappa shape index (κ3) is 3.78. The van der Waals surface area contributed by atoms with E-state index in [-0.39, 0.29) is 10.7 Å². The molecule has 5 nitrogen and oxygen atoms in total. The SMILES string of the molecule is O=S(=O)(Nc1ncc(Br)nc1Br)c1ccc(CBr)cc1. The van der Waals surface area contributed by atoms with Gasteiger partial charge in [-0.05, 0) is 49.6 Å². The molecule has 0 bridgehead atoms. The molecule has 0 aliphatic heterocycles. The summed E-state index contributed by atoms with van der Waals surface area (Å²) >= 11 is 9.62. The van der Waals surface area contributed by atoms with Crippen molar-refractivity contribution in [3.63, 3.8) is 0 Å². The van der Waals surface area contributed by atoms with Crippen molar-refractivity contribution < 1.29 is 8.42 Å². The van der Waals surface area contributed by atoms with Crippen LogP contribution in [0.25, 0.3) is 0 Å². The molecule has 0 saturated heterocycles. The van der Waals surface area contributed by atoms with E-state index >= 15 is 0 Å². The summed E-state index contributed by atoms with van der Waals surface area (Å²) in [6.45, 7) is 0. The van der Waals surface area contributed by atoms with Gasteiger partial charge < -0.3 is 0 Å². The Morgan fingerprint density at radius 3 is 2.35 bits per heavy atom. The Kier molecular flexibility index (Phi) is 5.16. The highest BCUT2D eigenvalue weighted by molar-refractivity contribution is 9.11. The van der Waals surface area contributed by atoms with Gasteiger partial charge in [0.2, 0.25) is 0 Å². The van der Waals surface area contributed by atoms with Gasteiger partial charge in [0.1, 0.15) is 4.60 Å². The van der Waals surface area contributed by atoms with Crippen LogP contribution in [0.3, 0.4) is 0 Å². The lowest BCUT2D eigenvalue weighted by Gasteiger charge is -2.08. The van der Waals surface area contributed by atoms with Crippen molar-refractivity contribution in [2.24, 2.45) is 0 Å². The minimum Gasteiger partial charge on any atom is -0.261 e. The van der Waals surface area contributed by atoms with Gasteiger partial charge >= 0.3 is 0 Å². The lowest BCUT2D eigenvalue weighted by Crippen LogP contribution is -2.14. The number of nitrogens with zero attached hydrogens (tertiary/aromatic N) is 2. The van der Waals surface area contributed by atoms with Crippen molar-refractivity contribution in [2.45, 2.75) is 10.2 Å². The molecule has 0 spiro atoms. The average molecular weight is 486 g/mol. The predicted octanol–water partition coefficient (Wildman–Crippen LogP) is 3.70. The zero-order valence-corrected chi connectivity index (χ0v) is 15.4. The van der Waals surface area contributed by atoms with Gasteiger partial charge in [0.25, 0.3) is 10.0 Å². The molecule has 0 atom stereocenters. The number of aromatic nitrogens is 2. The zero-order valence-electron chi connectivity index (χ0n) is 9.85. The molecule has 20 heavy (non-hydrogen) atoms. The quantitative estimate of drug-likeness (QED) is 0.670. The Morgan fingerprint density at radius 2 is 1.80 bits per heavy atom. The molecule has 1 aromatic heterocycles. The van der Waals surface area contributed by atoms with E-state index in [0.29, 0.717) is 14.5 Å². The highest BCUT2D eigenvalue weighted by atomic mass is 79.9. The monoisotopic (exact) mass is 483 g/mol. The fourth-order valence-electron chi connectivity index (χ4n) is 1.36. The molecule has 0 unspecified atom stereocenters. The van der Waals surface area contributed by atoms with Crippen LogP contribution < -0.4 is 4.72 Å². The number of nitrogens with one attached hydrogen (secondary N) is 1. The van der Waals surface area contributed by atoms with E-state index in [4.69, 9.17) is 0 Å². The van der Waals surface area contributed by atoms with Gasteiger partial charge in [-0.25, -0.2) is 18.4 Å². The molecule has 1 aromatic carbocycles. The van der Waals surface area contributed by atoms with Crippen LogP contribution in [0.2, 0.25) is 0 Å². The van der Waals surface area contributed by atoms with E-state index in [1.54, 1.807) is 24.3 Å². The van der Waals surface area contributed by atoms with Gasteiger partial charge in [0, 0.05) is 5.33 Å². The second-order valence-electron chi connectivity index (χ2n) is 3.72. The van der Waals surface area contributed by atoms with Crippen LogP contribution in [0.15, 0.2) is 44.6 Å². The molecule has 0 aliphatic rings. The van der Waals surface area contributed by atoms with E-state index in [2.05, 4.69) is 62.5 Å². The summed E-state index contributed by atoms with van der Waals surface area (Å²) in [4.78, 5) is 8.15. The van der Waals surface area contributed by atoms with Crippen molar-refractivity contribution in [1.82, 2.24) is 9.97 Å². The van der Waals surface area contributed by atoms with Crippen molar-refractivity contribution in [3.05, 3.63) is 45.2 Å². The number of sulfonamides is 1. The van der Waals surface area contributed by atoms with Gasteiger partial charge in [-0.2, -0.15) is 0 Å². The third-order valence-corrected chi connectivity index (χ3v) is 5.26. The number of benzene rings is 1. The van der Waals surface area contributed by atoms with Crippen LogP contribution >= 0.6 is 47.8 Å². The Labute approximate surface area is 141 Å². The standard InChI is InChI=1S/C11H8Br3N3O2S/c12-5-7-1-3-8(4-2-7)20(18,19)17-11-10(14)16-9(13)6-15-11/h1-4,6H,5H2,(H,15,17). The van der Waals surface area contributed by atoms with E-state index < -0.39 is 10.0 Å². The summed E-state index contributed by atoms with van der Waals surface area (Å²) in [5.74, 6) is 0.137. The molecule has 0 aliphatic carbocycles. The summed E-state index contributed by atoms with van der Waals surface area (Å²) in [5.41, 5.74) is 0.994. The molecular weight excluding hydrogens is 478 g/mol. The summed E-state index contributed by atoms with van der Waals surface area (Å²) in [5, 5.41) is 0.671. The molecule has 0 radical (unpaired) electrons. The summed E-state index contributed by atoms with van der Waals surface area (Å²) in [6.07, 6.45) is 1.41. The molecular formula is C11H8Br3N3O2S. The zero-order chi connectivity index (χ0) is 14.8. The average Bonchev–Trinajstić information content (AvgIpc) is 2.42. The van der Waals surface area contributed by atoms with Crippen LogP contribution in [0, 0.1) is 0 Å². The Hall–Kier alpha value is -0.510. The normalized spacial score (nSPS) is 11.3. The maximum Gasteiger partial charge on any atom is 0.263 e. The lowest BCUT2D eigenvalue weighted by molar-refractivity contribution is 0.601. The maximum atomic E-state index is 12.2. The smallest absolute Gasteiger partial charge is 0.261 e. The van der Waals surface area contributed by atoms with Gasteiger partial charge in [-0.1, -0.05) is 28.1 Å². The van der Waals surface area contributed by atoms with Crippen molar-refractivity contribution in [2.75, 3.05) is 4.72 Å². The number of halogens is 3. The second-order valence-corrected chi connectivity index (χ2v) is 7.52. The van der Waals surface area contributed by atoms with Gasteiger partial charge in [-0.3, -0.25) is 4.72 Å². The molecule has 0 saturated carbocycles. The first-order valence-corrected chi connectivity index (χ1v) is 9.47. The molecule has 1 N–H and O–H groups in total. The summed E-state index contributed by atoms with van der Waals surface area (Å²) in [7, 11) is -3.69. The van der Waals surface area contributed by atoms with Crippen LogP contribution in [-0.4, -0.2) is 18.4 Å². The number of rotatable bonds is 4. The number of hydrogen-bond donors (Lipinski definition) is 1. The predicted molar refractivity (Wildman–Crippen MR) is 87.3 cm³/mol. The second kappa shape index (κ2) is 6.50. The third-order valence-electron chi connectivity index (χ3n) is 2.32. The first-order chi connectivity index (χ1) is 9.42. The highest BCUT2D eigenvalue weighted by Gasteiger charge is 2.17. The van der Waals surface area contributed by atoms with Crippen LogP contribution in [0.4, 0.5) is 5.82 Å². The number of hydrogen-bond acceptors (Lipinski definition) is 4. The van der Waals surface area contributed by atoms with Crippen molar-refractivity contribution >= 4 is 63.6 Å². The Bertz CT molecular complexity index is 720. The van der Waals surface area contributed by atoms with Gasteiger partial charge in [0.05, 0.1) is 11.1 Å². The molecule has 0 amide bonds. The molecule has 2 rings (SSSR count). The van der Waals surface area contributed by atoms with Crippen LogP contribution in [0.5, 0.6) is 0 Å². The van der Waals surface area contributed by atoms with Crippen LogP contribution in [0.1, 0.15) is 5.56 Å². The number of alkyl halides is 1.